The zero-order valence-electron chi connectivity index (χ0n) is 16.9. The Bertz CT molecular complexity index is 1130. The number of anilines is 1. The van der Waals surface area contributed by atoms with Gasteiger partial charge in [0.1, 0.15) is 5.82 Å². The number of halogens is 1. The first-order valence-corrected chi connectivity index (χ1v) is 12.6. The predicted molar refractivity (Wildman–Crippen MR) is 128 cm³/mol. The third-order valence-corrected chi connectivity index (χ3v) is 8.32. The number of nitriles is 1. The molecule has 1 atom stereocenters. The van der Waals surface area contributed by atoms with Gasteiger partial charge in [0.15, 0.2) is 5.78 Å². The molecule has 1 unspecified atom stereocenters. The van der Waals surface area contributed by atoms with Crippen LogP contribution in [0.2, 0.25) is 0 Å². The molecular formula is C23H22BrN3OS2. The van der Waals surface area contributed by atoms with Gasteiger partial charge in [-0.2, -0.15) is 5.26 Å². The fraction of sp³-hybridized carbons (Fsp3) is 0.304. The SMILES string of the molecule is CCSc1sccc1C1C(C#N)=C(N)N(c2cc(C)ccc2Br)C2=C1C(=O)CCC2. The van der Waals surface area contributed by atoms with E-state index in [2.05, 4.69) is 28.9 Å². The second kappa shape index (κ2) is 8.62. The number of nitrogens with two attached hydrogens (primary N) is 1. The summed E-state index contributed by atoms with van der Waals surface area (Å²) in [6, 6.07) is 10.4. The first kappa shape index (κ1) is 21.2. The van der Waals surface area contributed by atoms with Crippen molar-refractivity contribution in [3.05, 3.63) is 67.9 Å². The van der Waals surface area contributed by atoms with E-state index in [1.165, 1.54) is 0 Å². The van der Waals surface area contributed by atoms with Gasteiger partial charge >= 0.3 is 0 Å². The van der Waals surface area contributed by atoms with Crippen LogP contribution in [-0.2, 0) is 4.79 Å². The van der Waals surface area contributed by atoms with Gasteiger partial charge in [-0.05, 0) is 76.2 Å². The Kier molecular flexibility index (Phi) is 6.10. The molecule has 30 heavy (non-hydrogen) atoms. The number of Topliss-reactive ketones (excluding diaryl/α,β-unsaturated/α-hetero) is 1. The fourth-order valence-corrected chi connectivity index (χ4v) is 6.73. The summed E-state index contributed by atoms with van der Waals surface area (Å²) in [4.78, 5) is 15.2. The molecule has 7 heteroatoms. The van der Waals surface area contributed by atoms with Gasteiger partial charge in [-0.25, -0.2) is 0 Å². The van der Waals surface area contributed by atoms with E-state index < -0.39 is 5.92 Å². The molecule has 1 aliphatic carbocycles. The molecular weight excluding hydrogens is 478 g/mol. The van der Waals surface area contributed by atoms with E-state index in [4.69, 9.17) is 5.73 Å². The van der Waals surface area contributed by atoms with Crippen molar-refractivity contribution >= 4 is 50.5 Å². The van der Waals surface area contributed by atoms with Gasteiger partial charge in [0, 0.05) is 22.2 Å². The number of benzene rings is 1. The lowest BCUT2D eigenvalue weighted by atomic mass is 9.76. The van der Waals surface area contributed by atoms with Crippen molar-refractivity contribution in [1.82, 2.24) is 0 Å². The number of carbonyl (C=O) groups excluding carboxylic acids is 1. The molecule has 2 aromatic rings. The van der Waals surface area contributed by atoms with E-state index in [-0.39, 0.29) is 5.78 Å². The van der Waals surface area contributed by atoms with E-state index in [1.807, 2.05) is 41.5 Å². The van der Waals surface area contributed by atoms with Crippen molar-refractivity contribution < 1.29 is 4.79 Å². The molecule has 1 aromatic carbocycles. The second-order valence-electron chi connectivity index (χ2n) is 7.37. The van der Waals surface area contributed by atoms with Crippen LogP contribution in [0.3, 0.4) is 0 Å². The molecule has 4 nitrogen and oxygen atoms in total. The van der Waals surface area contributed by atoms with Crippen molar-refractivity contribution in [2.24, 2.45) is 5.73 Å². The van der Waals surface area contributed by atoms with Crippen molar-refractivity contribution in [3.63, 3.8) is 0 Å². The minimum absolute atomic E-state index is 0.119. The van der Waals surface area contributed by atoms with Gasteiger partial charge in [0.05, 0.1) is 27.5 Å². The van der Waals surface area contributed by atoms with Crippen molar-refractivity contribution in [3.8, 4) is 6.07 Å². The van der Waals surface area contributed by atoms with Gasteiger partial charge in [0.2, 0.25) is 0 Å². The normalized spacial score (nSPS) is 19.2. The smallest absolute Gasteiger partial charge is 0.161 e. The largest absolute Gasteiger partial charge is 0.384 e. The molecule has 2 N–H and O–H groups in total. The highest BCUT2D eigenvalue weighted by atomic mass is 79.9. The number of allylic oxidation sites excluding steroid dienone is 3. The highest BCUT2D eigenvalue weighted by molar-refractivity contribution is 9.10. The Hall–Kier alpha value is -2.01. The number of carbonyl (C=O) groups is 1. The summed E-state index contributed by atoms with van der Waals surface area (Å²) in [7, 11) is 0. The van der Waals surface area contributed by atoms with Crippen LogP contribution in [0.5, 0.6) is 0 Å². The van der Waals surface area contributed by atoms with Crippen molar-refractivity contribution in [1.29, 1.82) is 5.26 Å². The number of rotatable bonds is 4. The lowest BCUT2D eigenvalue weighted by Gasteiger charge is -2.40. The molecule has 1 aliphatic heterocycles. The Morgan fingerprint density at radius 1 is 1.37 bits per heavy atom. The van der Waals surface area contributed by atoms with Crippen LogP contribution in [0.1, 0.15) is 43.2 Å². The first-order chi connectivity index (χ1) is 14.5. The maximum Gasteiger partial charge on any atom is 0.161 e. The molecule has 2 heterocycles. The summed E-state index contributed by atoms with van der Waals surface area (Å²) in [6.45, 7) is 4.13. The molecule has 0 amide bonds. The molecule has 2 aliphatic rings. The molecule has 4 rings (SSSR count). The maximum absolute atomic E-state index is 13.2. The molecule has 0 saturated carbocycles. The highest BCUT2D eigenvalue weighted by Crippen LogP contribution is 2.50. The third-order valence-electron chi connectivity index (χ3n) is 5.50. The predicted octanol–water partition coefficient (Wildman–Crippen LogP) is 6.24. The van der Waals surface area contributed by atoms with Crippen LogP contribution in [0.4, 0.5) is 5.69 Å². The number of thiophene rings is 1. The Balaban J connectivity index is 1.99. The summed E-state index contributed by atoms with van der Waals surface area (Å²) in [5, 5.41) is 12.2. The van der Waals surface area contributed by atoms with Crippen molar-refractivity contribution in [2.75, 3.05) is 10.7 Å². The number of ketones is 1. The van der Waals surface area contributed by atoms with E-state index in [0.717, 1.165) is 55.4 Å². The van der Waals surface area contributed by atoms with Crippen LogP contribution in [-0.4, -0.2) is 11.5 Å². The number of hydrogen-bond donors (Lipinski definition) is 1. The minimum atomic E-state index is -0.391. The molecule has 0 fully saturated rings. The quantitative estimate of drug-likeness (QED) is 0.504. The molecule has 154 valence electrons. The summed E-state index contributed by atoms with van der Waals surface area (Å²) in [5.41, 5.74) is 11.8. The zero-order chi connectivity index (χ0) is 21.4. The summed E-state index contributed by atoms with van der Waals surface area (Å²) in [6.07, 6.45) is 2.06. The van der Waals surface area contributed by atoms with E-state index in [1.54, 1.807) is 23.1 Å². The number of hydrogen-bond acceptors (Lipinski definition) is 6. The van der Waals surface area contributed by atoms with Gasteiger partial charge < -0.3 is 5.73 Å². The Morgan fingerprint density at radius 3 is 2.90 bits per heavy atom. The molecule has 0 bridgehead atoms. The van der Waals surface area contributed by atoms with E-state index in [9.17, 15) is 10.1 Å². The van der Waals surface area contributed by atoms with Crippen molar-refractivity contribution in [2.45, 2.75) is 43.2 Å². The molecule has 0 saturated heterocycles. The van der Waals surface area contributed by atoms with Gasteiger partial charge in [-0.3, -0.25) is 9.69 Å². The monoisotopic (exact) mass is 499 g/mol. The third kappa shape index (κ3) is 3.51. The number of aryl methyl sites for hydroxylation is 1. The van der Waals surface area contributed by atoms with Gasteiger partial charge in [-0.1, -0.05) is 13.0 Å². The van der Waals surface area contributed by atoms with Crippen LogP contribution in [0.15, 0.2) is 61.0 Å². The average molecular weight is 500 g/mol. The fourth-order valence-electron chi connectivity index (χ4n) is 4.23. The summed E-state index contributed by atoms with van der Waals surface area (Å²) < 4.78 is 2.04. The standard InChI is InChI=1S/C23H22BrN3OS2/c1-3-29-23-14(9-10-30-23)20-15(12-25)22(26)27(17-5-4-6-19(28)21(17)20)18-11-13(2)7-8-16(18)24/h7-11,20H,3-6,26H2,1-2H3. The summed E-state index contributed by atoms with van der Waals surface area (Å²) >= 11 is 7.05. The topological polar surface area (TPSA) is 70.1 Å². The molecule has 1 aromatic heterocycles. The minimum Gasteiger partial charge on any atom is -0.384 e. The van der Waals surface area contributed by atoms with Gasteiger partial charge in [0.25, 0.3) is 0 Å². The maximum atomic E-state index is 13.2. The van der Waals surface area contributed by atoms with Crippen LogP contribution < -0.4 is 10.6 Å². The van der Waals surface area contributed by atoms with Crippen LogP contribution in [0.25, 0.3) is 0 Å². The Morgan fingerprint density at radius 2 is 2.17 bits per heavy atom. The molecule has 0 radical (unpaired) electrons. The summed E-state index contributed by atoms with van der Waals surface area (Å²) in [5.74, 6) is 1.08. The second-order valence-corrected chi connectivity index (χ2v) is 10.7. The number of nitrogens with zero attached hydrogens (tertiary/aromatic N) is 2. The zero-order valence-corrected chi connectivity index (χ0v) is 20.1. The first-order valence-electron chi connectivity index (χ1n) is 9.90. The lowest BCUT2D eigenvalue weighted by molar-refractivity contribution is -0.116. The van der Waals surface area contributed by atoms with Gasteiger partial charge in [-0.15, -0.1) is 23.1 Å². The number of thioether (sulfide) groups is 1. The Labute approximate surface area is 193 Å². The lowest BCUT2D eigenvalue weighted by Crippen LogP contribution is -2.39. The average Bonchev–Trinajstić information content (AvgIpc) is 3.18. The van der Waals surface area contributed by atoms with E-state index >= 15 is 0 Å². The molecule has 0 spiro atoms. The van der Waals surface area contributed by atoms with E-state index in [0.29, 0.717) is 17.8 Å². The van der Waals surface area contributed by atoms with Crippen LogP contribution in [0, 0.1) is 18.3 Å². The highest BCUT2D eigenvalue weighted by Gasteiger charge is 2.41. The van der Waals surface area contributed by atoms with Crippen LogP contribution >= 0.6 is 39.0 Å².